The van der Waals surface area contributed by atoms with Crippen LogP contribution in [-0.4, -0.2) is 34.6 Å². The van der Waals surface area contributed by atoms with E-state index >= 15 is 0 Å². The van der Waals surface area contributed by atoms with Crippen molar-refractivity contribution >= 4 is 28.9 Å². The molecule has 1 fully saturated rings. The first kappa shape index (κ1) is 17.3. The molecule has 1 aromatic carbocycles. The summed E-state index contributed by atoms with van der Waals surface area (Å²) in [7, 11) is 0. The molecule has 0 bridgehead atoms. The zero-order valence-electron chi connectivity index (χ0n) is 13.4. The van der Waals surface area contributed by atoms with Gasteiger partial charge in [0.25, 0.3) is 5.56 Å². The molecule has 2 heterocycles. The highest BCUT2D eigenvalue weighted by atomic mass is 35.5. The van der Waals surface area contributed by atoms with Crippen LogP contribution in [0.15, 0.2) is 29.2 Å². The predicted octanol–water partition coefficient (Wildman–Crippen LogP) is 3.06. The van der Waals surface area contributed by atoms with Crippen LogP contribution in [0.25, 0.3) is 5.69 Å². The number of aliphatic hydroxyl groups is 1. The molecule has 0 aliphatic carbocycles. The highest BCUT2D eigenvalue weighted by molar-refractivity contribution is 6.33. The Morgan fingerprint density at radius 2 is 2.17 bits per heavy atom. The SMILES string of the molecule is Cc1ccc(-n2ncc(N3CCCC(CO)C3)c(Cl)c2=O)cc1Cl. The molecular weight excluding hydrogens is 349 g/mol. The lowest BCUT2D eigenvalue weighted by Gasteiger charge is -2.33. The molecule has 5 nitrogen and oxygen atoms in total. The Kier molecular flexibility index (Phi) is 5.13. The largest absolute Gasteiger partial charge is 0.396 e. The van der Waals surface area contributed by atoms with Gasteiger partial charge in [-0.05, 0) is 43.4 Å². The molecule has 0 radical (unpaired) electrons. The molecule has 1 aromatic heterocycles. The first-order valence-electron chi connectivity index (χ1n) is 7.91. The van der Waals surface area contributed by atoms with Gasteiger partial charge in [0.2, 0.25) is 0 Å². The van der Waals surface area contributed by atoms with Crippen molar-refractivity contribution in [1.82, 2.24) is 9.78 Å². The molecule has 1 aliphatic heterocycles. The fraction of sp³-hybridized carbons (Fsp3) is 0.412. The third-order valence-corrected chi connectivity index (χ3v) is 5.18. The fourth-order valence-corrected chi connectivity index (χ4v) is 3.40. The molecule has 1 saturated heterocycles. The molecule has 24 heavy (non-hydrogen) atoms. The summed E-state index contributed by atoms with van der Waals surface area (Å²) in [5, 5.41) is 14.3. The second kappa shape index (κ2) is 7.13. The molecule has 1 unspecified atom stereocenters. The van der Waals surface area contributed by atoms with E-state index in [4.69, 9.17) is 23.2 Å². The van der Waals surface area contributed by atoms with Gasteiger partial charge in [-0.3, -0.25) is 4.79 Å². The highest BCUT2D eigenvalue weighted by Gasteiger charge is 2.23. The smallest absolute Gasteiger partial charge is 0.292 e. The number of aromatic nitrogens is 2. The molecule has 128 valence electrons. The number of anilines is 1. The minimum absolute atomic E-state index is 0.139. The van der Waals surface area contributed by atoms with Gasteiger partial charge in [0.15, 0.2) is 0 Å². The van der Waals surface area contributed by atoms with Crippen LogP contribution in [0.2, 0.25) is 10.0 Å². The van der Waals surface area contributed by atoms with Crippen LogP contribution in [-0.2, 0) is 0 Å². The Labute approximate surface area is 150 Å². The van der Waals surface area contributed by atoms with Crippen LogP contribution < -0.4 is 10.5 Å². The van der Waals surface area contributed by atoms with Crippen molar-refractivity contribution in [2.24, 2.45) is 5.92 Å². The number of benzene rings is 1. The van der Waals surface area contributed by atoms with Crippen LogP contribution in [0, 0.1) is 12.8 Å². The summed E-state index contributed by atoms with van der Waals surface area (Å²) in [5.41, 5.74) is 1.75. The van der Waals surface area contributed by atoms with Gasteiger partial charge in [0.1, 0.15) is 5.02 Å². The second-order valence-electron chi connectivity index (χ2n) is 6.13. The van der Waals surface area contributed by atoms with Crippen LogP contribution in [0.5, 0.6) is 0 Å². The number of piperidine rings is 1. The van der Waals surface area contributed by atoms with Gasteiger partial charge in [0, 0.05) is 24.7 Å². The summed E-state index contributed by atoms with van der Waals surface area (Å²) in [6, 6.07) is 5.32. The highest BCUT2D eigenvalue weighted by Crippen LogP contribution is 2.27. The third kappa shape index (κ3) is 3.29. The Morgan fingerprint density at radius 3 is 2.88 bits per heavy atom. The maximum absolute atomic E-state index is 12.6. The van der Waals surface area contributed by atoms with E-state index in [1.165, 1.54) is 4.68 Å². The second-order valence-corrected chi connectivity index (χ2v) is 6.92. The first-order valence-corrected chi connectivity index (χ1v) is 8.67. The van der Waals surface area contributed by atoms with E-state index in [2.05, 4.69) is 5.10 Å². The summed E-state index contributed by atoms with van der Waals surface area (Å²) < 4.78 is 1.25. The average Bonchev–Trinajstić information content (AvgIpc) is 2.60. The lowest BCUT2D eigenvalue weighted by molar-refractivity contribution is 0.208. The van der Waals surface area contributed by atoms with Crippen molar-refractivity contribution in [3.63, 3.8) is 0 Å². The van der Waals surface area contributed by atoms with Crippen molar-refractivity contribution in [2.75, 3.05) is 24.6 Å². The number of rotatable bonds is 3. The van der Waals surface area contributed by atoms with Gasteiger partial charge in [0.05, 0.1) is 17.6 Å². The van der Waals surface area contributed by atoms with Crippen LogP contribution in [0.3, 0.4) is 0 Å². The van der Waals surface area contributed by atoms with E-state index in [1.807, 2.05) is 17.9 Å². The Hall–Kier alpha value is -1.56. The molecule has 0 spiro atoms. The van der Waals surface area contributed by atoms with Gasteiger partial charge in [-0.1, -0.05) is 29.3 Å². The van der Waals surface area contributed by atoms with Crippen molar-refractivity contribution in [3.05, 3.63) is 50.4 Å². The van der Waals surface area contributed by atoms with Crippen molar-refractivity contribution in [1.29, 1.82) is 0 Å². The van der Waals surface area contributed by atoms with E-state index in [0.717, 1.165) is 24.9 Å². The molecular formula is C17H19Cl2N3O2. The Morgan fingerprint density at radius 1 is 1.38 bits per heavy atom. The lowest BCUT2D eigenvalue weighted by Crippen LogP contribution is -2.38. The number of aliphatic hydroxyl groups excluding tert-OH is 1. The minimum Gasteiger partial charge on any atom is -0.396 e. The number of nitrogens with zero attached hydrogens (tertiary/aromatic N) is 3. The van der Waals surface area contributed by atoms with E-state index in [0.29, 0.717) is 22.9 Å². The zero-order chi connectivity index (χ0) is 17.3. The van der Waals surface area contributed by atoms with Gasteiger partial charge in [-0.25, -0.2) is 0 Å². The quantitative estimate of drug-likeness (QED) is 0.905. The summed E-state index contributed by atoms with van der Waals surface area (Å²) in [4.78, 5) is 14.7. The number of hydrogen-bond donors (Lipinski definition) is 1. The summed E-state index contributed by atoms with van der Waals surface area (Å²) >= 11 is 12.5. The van der Waals surface area contributed by atoms with Crippen LogP contribution in [0.4, 0.5) is 5.69 Å². The standard InChI is InChI=1S/C17H19Cl2N3O2/c1-11-4-5-13(7-14(11)18)22-17(24)16(19)15(8-20-22)21-6-2-3-12(9-21)10-23/h4-5,7-8,12,23H,2-3,6,9-10H2,1H3. The summed E-state index contributed by atoms with van der Waals surface area (Å²) in [6.07, 6.45) is 3.55. The first-order chi connectivity index (χ1) is 11.5. The number of hydrogen-bond acceptors (Lipinski definition) is 4. The van der Waals surface area contributed by atoms with Crippen molar-refractivity contribution in [3.8, 4) is 5.69 Å². The van der Waals surface area contributed by atoms with Crippen molar-refractivity contribution < 1.29 is 5.11 Å². The topological polar surface area (TPSA) is 58.4 Å². The molecule has 7 heteroatoms. The van der Waals surface area contributed by atoms with Crippen molar-refractivity contribution in [2.45, 2.75) is 19.8 Å². The maximum Gasteiger partial charge on any atom is 0.292 e. The Bertz CT molecular complexity index is 807. The molecule has 0 amide bonds. The lowest BCUT2D eigenvalue weighted by atomic mass is 9.99. The van der Waals surface area contributed by atoms with E-state index in [9.17, 15) is 9.90 Å². The predicted molar refractivity (Wildman–Crippen MR) is 96.6 cm³/mol. The summed E-state index contributed by atoms with van der Waals surface area (Å²) in [6.45, 7) is 3.52. The fourth-order valence-electron chi connectivity index (χ4n) is 2.97. The monoisotopic (exact) mass is 367 g/mol. The minimum atomic E-state index is -0.375. The van der Waals surface area contributed by atoms with Crippen LogP contribution in [0.1, 0.15) is 18.4 Å². The van der Waals surface area contributed by atoms with E-state index < -0.39 is 0 Å². The number of halogens is 2. The third-order valence-electron chi connectivity index (χ3n) is 4.42. The van der Waals surface area contributed by atoms with Gasteiger partial charge >= 0.3 is 0 Å². The van der Waals surface area contributed by atoms with Gasteiger partial charge in [-0.2, -0.15) is 9.78 Å². The van der Waals surface area contributed by atoms with Crippen LogP contribution >= 0.6 is 23.2 Å². The normalized spacial score (nSPS) is 18.0. The number of aryl methyl sites for hydroxylation is 1. The van der Waals surface area contributed by atoms with E-state index in [-0.39, 0.29) is 23.1 Å². The zero-order valence-corrected chi connectivity index (χ0v) is 14.9. The molecule has 3 rings (SSSR count). The molecule has 1 atom stereocenters. The summed E-state index contributed by atoms with van der Waals surface area (Å²) in [5.74, 6) is 0.202. The Balaban J connectivity index is 1.97. The molecule has 1 aliphatic rings. The molecule has 2 aromatic rings. The molecule has 0 saturated carbocycles. The van der Waals surface area contributed by atoms with E-state index in [1.54, 1.807) is 18.3 Å². The average molecular weight is 368 g/mol. The maximum atomic E-state index is 12.6. The van der Waals surface area contributed by atoms with Gasteiger partial charge in [-0.15, -0.1) is 0 Å². The van der Waals surface area contributed by atoms with Gasteiger partial charge < -0.3 is 10.0 Å². The molecule has 1 N–H and O–H groups in total.